The van der Waals surface area contributed by atoms with Gasteiger partial charge in [-0.3, -0.25) is 9.59 Å². The van der Waals surface area contributed by atoms with Crippen molar-refractivity contribution in [2.75, 3.05) is 32.7 Å². The number of nitrogens with zero attached hydrogens (tertiary/aromatic N) is 2. The molecule has 2 amide bonds. The van der Waals surface area contributed by atoms with Gasteiger partial charge in [0.05, 0.1) is 0 Å². The van der Waals surface area contributed by atoms with Crippen molar-refractivity contribution in [2.45, 2.75) is 46.1 Å². The highest BCUT2D eigenvalue weighted by Gasteiger charge is 2.24. The normalized spacial score (nSPS) is 14.4. The second-order valence-corrected chi connectivity index (χ2v) is 9.29. The summed E-state index contributed by atoms with van der Waals surface area (Å²) in [5.74, 6) is -0.102. The summed E-state index contributed by atoms with van der Waals surface area (Å²) in [6, 6.07) is 16.1. The van der Waals surface area contributed by atoms with Crippen molar-refractivity contribution in [2.24, 2.45) is 0 Å². The van der Waals surface area contributed by atoms with Gasteiger partial charge in [-0.1, -0.05) is 64.1 Å². The summed E-state index contributed by atoms with van der Waals surface area (Å²) in [5, 5.41) is 3.27. The second kappa shape index (κ2) is 10.1. The molecule has 5 nitrogen and oxygen atoms in total. The fraction of sp³-hybridized carbons (Fsp3) is 0.462. The molecule has 0 atom stereocenters. The fourth-order valence-corrected chi connectivity index (χ4v) is 3.77. The number of amides is 2. The number of carbonyl (C=O) groups excluding carboxylic acids is 2. The molecule has 1 aliphatic rings. The van der Waals surface area contributed by atoms with E-state index in [1.54, 1.807) is 4.90 Å². The maximum Gasteiger partial charge on any atom is 0.254 e. The van der Waals surface area contributed by atoms with E-state index in [0.717, 1.165) is 25.1 Å². The van der Waals surface area contributed by atoms with E-state index < -0.39 is 0 Å². The molecule has 0 unspecified atom stereocenters. The third-order valence-corrected chi connectivity index (χ3v) is 5.89. The first kappa shape index (κ1) is 23.0. The highest BCUT2D eigenvalue weighted by Crippen LogP contribution is 2.23. The minimum atomic E-state index is -0.108. The quantitative estimate of drug-likeness (QED) is 0.775. The number of nitrogens with one attached hydrogen (secondary N) is 1. The first-order chi connectivity index (χ1) is 14.8. The van der Waals surface area contributed by atoms with Crippen LogP contribution in [0, 0.1) is 0 Å². The Kier molecular flexibility index (Phi) is 7.50. The van der Waals surface area contributed by atoms with Gasteiger partial charge in [0.15, 0.2) is 0 Å². The van der Waals surface area contributed by atoms with Crippen LogP contribution in [0.25, 0.3) is 0 Å². The fourth-order valence-electron chi connectivity index (χ4n) is 3.77. The van der Waals surface area contributed by atoms with Gasteiger partial charge in [-0.25, -0.2) is 0 Å². The molecule has 0 spiro atoms. The van der Waals surface area contributed by atoms with Crippen LogP contribution in [0.2, 0.25) is 0 Å². The Bertz CT molecular complexity index is 876. The Hall–Kier alpha value is -2.66. The lowest BCUT2D eigenvalue weighted by atomic mass is 9.86. The topological polar surface area (TPSA) is 52.7 Å². The Morgan fingerprint density at radius 3 is 2.06 bits per heavy atom. The summed E-state index contributed by atoms with van der Waals surface area (Å²) in [7, 11) is 0. The molecule has 1 aliphatic heterocycles. The molecule has 1 N–H and O–H groups in total. The third-order valence-electron chi connectivity index (χ3n) is 5.89. The highest BCUT2D eigenvalue weighted by molar-refractivity contribution is 5.96. The standard InChI is InChI=1S/C26H35N3O2/c1-5-20-6-8-21(9-7-20)18-29(19-24(30)28-16-14-27-15-17-28)25(31)22-10-12-23(13-11-22)26(2,3)4/h6-13,27H,5,14-19H2,1-4H3. The van der Waals surface area contributed by atoms with Gasteiger partial charge in [0.2, 0.25) is 5.91 Å². The average Bonchev–Trinajstić information content (AvgIpc) is 2.78. The molecule has 0 aliphatic carbocycles. The van der Waals surface area contributed by atoms with E-state index in [9.17, 15) is 9.59 Å². The molecule has 0 saturated carbocycles. The van der Waals surface area contributed by atoms with E-state index in [1.165, 1.54) is 11.1 Å². The molecular formula is C26H35N3O2. The maximum atomic E-state index is 13.4. The number of hydrogen-bond donors (Lipinski definition) is 1. The van der Waals surface area contributed by atoms with Crippen molar-refractivity contribution in [1.29, 1.82) is 0 Å². The second-order valence-electron chi connectivity index (χ2n) is 9.29. The molecule has 1 saturated heterocycles. The number of hydrogen-bond acceptors (Lipinski definition) is 3. The van der Waals surface area contributed by atoms with Crippen LogP contribution in [0.15, 0.2) is 48.5 Å². The number of rotatable bonds is 6. The van der Waals surface area contributed by atoms with Crippen molar-refractivity contribution in [3.05, 3.63) is 70.8 Å². The highest BCUT2D eigenvalue weighted by atomic mass is 16.2. The van der Waals surface area contributed by atoms with Crippen LogP contribution in [0.1, 0.15) is 54.7 Å². The molecule has 1 heterocycles. The SMILES string of the molecule is CCc1ccc(CN(CC(=O)N2CCNCC2)C(=O)c2ccc(C(C)(C)C)cc2)cc1. The zero-order valence-corrected chi connectivity index (χ0v) is 19.3. The van der Waals surface area contributed by atoms with Crippen LogP contribution < -0.4 is 5.32 Å². The van der Waals surface area contributed by atoms with E-state index >= 15 is 0 Å². The monoisotopic (exact) mass is 421 g/mol. The summed E-state index contributed by atoms with van der Waals surface area (Å²) in [6.07, 6.45) is 0.977. The molecule has 0 bridgehead atoms. The number of piperazine rings is 1. The molecule has 2 aromatic carbocycles. The molecule has 2 aromatic rings. The van der Waals surface area contributed by atoms with Crippen LogP contribution >= 0.6 is 0 Å². The van der Waals surface area contributed by atoms with E-state index in [0.29, 0.717) is 25.2 Å². The molecule has 166 valence electrons. The summed E-state index contributed by atoms with van der Waals surface area (Å²) >= 11 is 0. The zero-order chi connectivity index (χ0) is 22.4. The summed E-state index contributed by atoms with van der Waals surface area (Å²) < 4.78 is 0. The molecule has 5 heteroatoms. The minimum absolute atomic E-state index is 0.00587. The summed E-state index contributed by atoms with van der Waals surface area (Å²) in [5.41, 5.74) is 4.12. The van der Waals surface area contributed by atoms with Gasteiger partial charge < -0.3 is 15.1 Å². The van der Waals surface area contributed by atoms with Crippen LogP contribution in [-0.2, 0) is 23.2 Å². The van der Waals surface area contributed by atoms with Crippen LogP contribution in [0.3, 0.4) is 0 Å². The molecular weight excluding hydrogens is 386 g/mol. The van der Waals surface area contributed by atoms with E-state index in [-0.39, 0.29) is 23.8 Å². The lowest BCUT2D eigenvalue weighted by molar-refractivity contribution is -0.132. The predicted molar refractivity (Wildman–Crippen MR) is 125 cm³/mol. The van der Waals surface area contributed by atoms with Gasteiger partial charge in [0, 0.05) is 38.3 Å². The van der Waals surface area contributed by atoms with Gasteiger partial charge in [0.25, 0.3) is 5.91 Å². The van der Waals surface area contributed by atoms with Crippen molar-refractivity contribution in [1.82, 2.24) is 15.1 Å². The lowest BCUT2D eigenvalue weighted by Crippen LogP contribution is -2.50. The minimum Gasteiger partial charge on any atom is -0.339 e. The number of benzene rings is 2. The smallest absolute Gasteiger partial charge is 0.254 e. The number of carbonyl (C=O) groups is 2. The Morgan fingerprint density at radius 1 is 0.935 bits per heavy atom. The third kappa shape index (κ3) is 6.17. The van der Waals surface area contributed by atoms with Crippen molar-refractivity contribution in [3.8, 4) is 0 Å². The van der Waals surface area contributed by atoms with Gasteiger partial charge in [-0.05, 0) is 40.7 Å². The van der Waals surface area contributed by atoms with Crippen molar-refractivity contribution < 1.29 is 9.59 Å². The van der Waals surface area contributed by atoms with Gasteiger partial charge in [-0.2, -0.15) is 0 Å². The van der Waals surface area contributed by atoms with Crippen LogP contribution in [0.4, 0.5) is 0 Å². The maximum absolute atomic E-state index is 13.4. The van der Waals surface area contributed by atoms with Gasteiger partial charge in [0.1, 0.15) is 6.54 Å². The lowest BCUT2D eigenvalue weighted by Gasteiger charge is -2.30. The van der Waals surface area contributed by atoms with E-state index in [4.69, 9.17) is 0 Å². The molecule has 1 fully saturated rings. The van der Waals surface area contributed by atoms with Crippen LogP contribution in [0.5, 0.6) is 0 Å². The van der Waals surface area contributed by atoms with E-state index in [2.05, 4.69) is 57.3 Å². The van der Waals surface area contributed by atoms with E-state index in [1.807, 2.05) is 29.2 Å². The Labute approximate surface area is 186 Å². The summed E-state index contributed by atoms with van der Waals surface area (Å²) in [6.45, 7) is 12.1. The Morgan fingerprint density at radius 2 is 1.52 bits per heavy atom. The van der Waals surface area contributed by atoms with Crippen molar-refractivity contribution >= 4 is 11.8 Å². The largest absolute Gasteiger partial charge is 0.339 e. The van der Waals surface area contributed by atoms with Crippen molar-refractivity contribution in [3.63, 3.8) is 0 Å². The first-order valence-corrected chi connectivity index (χ1v) is 11.2. The average molecular weight is 422 g/mol. The number of aryl methyl sites for hydroxylation is 1. The van der Waals surface area contributed by atoms with Crippen LogP contribution in [-0.4, -0.2) is 54.3 Å². The predicted octanol–water partition coefficient (Wildman–Crippen LogP) is 3.62. The summed E-state index contributed by atoms with van der Waals surface area (Å²) in [4.78, 5) is 29.8. The zero-order valence-electron chi connectivity index (χ0n) is 19.3. The Balaban J connectivity index is 1.80. The molecule has 0 radical (unpaired) electrons. The molecule has 0 aromatic heterocycles. The molecule has 31 heavy (non-hydrogen) atoms. The van der Waals surface area contributed by atoms with Gasteiger partial charge >= 0.3 is 0 Å². The van der Waals surface area contributed by atoms with Gasteiger partial charge in [-0.15, -0.1) is 0 Å². The molecule has 3 rings (SSSR count). The first-order valence-electron chi connectivity index (χ1n) is 11.2.